The summed E-state index contributed by atoms with van der Waals surface area (Å²) in [7, 11) is -3.49. The fraction of sp³-hybridized carbons (Fsp3) is 0.267. The number of sulfone groups is 1. The van der Waals surface area contributed by atoms with Gasteiger partial charge in [0.15, 0.2) is 9.84 Å². The Balaban J connectivity index is 2.33. The van der Waals surface area contributed by atoms with Crippen molar-refractivity contribution in [3.05, 3.63) is 51.7 Å². The second-order valence-electron chi connectivity index (χ2n) is 4.63. The molecule has 0 saturated carbocycles. The van der Waals surface area contributed by atoms with E-state index >= 15 is 0 Å². The molecule has 0 atom stereocenters. The van der Waals surface area contributed by atoms with Crippen LogP contribution in [-0.2, 0) is 22.7 Å². The van der Waals surface area contributed by atoms with Gasteiger partial charge in [0.25, 0.3) is 0 Å². The molecule has 4 nitrogen and oxygen atoms in total. The van der Waals surface area contributed by atoms with Gasteiger partial charge in [-0.15, -0.1) is 11.3 Å². The monoisotopic (exact) mass is 324 g/mol. The summed E-state index contributed by atoms with van der Waals surface area (Å²) in [4.78, 5) is 12.2. The summed E-state index contributed by atoms with van der Waals surface area (Å²) in [5.41, 5.74) is 0.660. The Morgan fingerprint density at radius 2 is 2.05 bits per heavy atom. The molecule has 0 aliphatic heterocycles. The molecular formula is C15H16O4S2. The van der Waals surface area contributed by atoms with E-state index in [1.54, 1.807) is 6.07 Å². The maximum Gasteiger partial charge on any atom is 0.335 e. The van der Waals surface area contributed by atoms with Crippen LogP contribution in [-0.4, -0.2) is 25.2 Å². The summed E-state index contributed by atoms with van der Waals surface area (Å²) < 4.78 is 25.0. The SMILES string of the molecule is CCc1ccc(C(=O)O)cc1S(=O)(=O)CCc1cccs1. The second kappa shape index (κ2) is 6.41. The highest BCUT2D eigenvalue weighted by Gasteiger charge is 2.20. The summed E-state index contributed by atoms with van der Waals surface area (Å²) in [5.74, 6) is -1.13. The van der Waals surface area contributed by atoms with Gasteiger partial charge in [-0.3, -0.25) is 0 Å². The quantitative estimate of drug-likeness (QED) is 0.886. The van der Waals surface area contributed by atoms with Crippen molar-refractivity contribution in [2.24, 2.45) is 0 Å². The Morgan fingerprint density at radius 1 is 1.29 bits per heavy atom. The number of carboxylic acids is 1. The number of hydrogen-bond donors (Lipinski definition) is 1. The molecule has 1 heterocycles. The maximum atomic E-state index is 12.5. The lowest BCUT2D eigenvalue weighted by molar-refractivity contribution is 0.0696. The molecule has 1 aromatic heterocycles. The van der Waals surface area contributed by atoms with Gasteiger partial charge in [0.2, 0.25) is 0 Å². The molecule has 112 valence electrons. The van der Waals surface area contributed by atoms with Crippen molar-refractivity contribution in [3.8, 4) is 0 Å². The zero-order valence-electron chi connectivity index (χ0n) is 11.6. The number of benzene rings is 1. The van der Waals surface area contributed by atoms with E-state index in [9.17, 15) is 13.2 Å². The normalized spacial score (nSPS) is 11.5. The van der Waals surface area contributed by atoms with Crippen molar-refractivity contribution < 1.29 is 18.3 Å². The molecule has 2 aromatic rings. The molecule has 21 heavy (non-hydrogen) atoms. The zero-order chi connectivity index (χ0) is 15.5. The van der Waals surface area contributed by atoms with E-state index in [-0.39, 0.29) is 16.2 Å². The van der Waals surface area contributed by atoms with Gasteiger partial charge >= 0.3 is 5.97 Å². The average molecular weight is 324 g/mol. The van der Waals surface area contributed by atoms with E-state index in [4.69, 9.17) is 5.11 Å². The summed E-state index contributed by atoms with van der Waals surface area (Å²) in [6.07, 6.45) is 0.994. The predicted molar refractivity (Wildman–Crippen MR) is 82.9 cm³/mol. The van der Waals surface area contributed by atoms with Crippen molar-refractivity contribution >= 4 is 27.1 Å². The molecule has 2 rings (SSSR count). The highest BCUT2D eigenvalue weighted by Crippen LogP contribution is 2.22. The Hall–Kier alpha value is -1.66. The van der Waals surface area contributed by atoms with Gasteiger partial charge in [-0.05, 0) is 42.0 Å². The molecule has 0 aliphatic rings. The maximum absolute atomic E-state index is 12.5. The molecule has 0 saturated heterocycles. The topological polar surface area (TPSA) is 71.4 Å². The van der Waals surface area contributed by atoms with Crippen molar-refractivity contribution in [2.45, 2.75) is 24.7 Å². The first-order chi connectivity index (χ1) is 9.94. The molecule has 1 aromatic carbocycles. The summed E-state index contributed by atoms with van der Waals surface area (Å²) in [6.45, 7) is 1.86. The Bertz CT molecular complexity index is 731. The lowest BCUT2D eigenvalue weighted by atomic mass is 10.1. The Labute approximate surface area is 128 Å². The third-order valence-corrected chi connectivity index (χ3v) is 5.96. The van der Waals surface area contributed by atoms with Crippen molar-refractivity contribution in [2.75, 3.05) is 5.75 Å². The van der Waals surface area contributed by atoms with Gasteiger partial charge in [0, 0.05) is 4.88 Å². The van der Waals surface area contributed by atoms with Crippen LogP contribution in [0.1, 0.15) is 27.7 Å². The van der Waals surface area contributed by atoms with Gasteiger partial charge < -0.3 is 5.11 Å². The largest absolute Gasteiger partial charge is 0.478 e. The van der Waals surface area contributed by atoms with E-state index in [0.29, 0.717) is 18.4 Å². The zero-order valence-corrected chi connectivity index (χ0v) is 13.2. The summed E-state index contributed by atoms with van der Waals surface area (Å²) in [5, 5.41) is 10.9. The number of aromatic carboxylic acids is 1. The van der Waals surface area contributed by atoms with E-state index < -0.39 is 15.8 Å². The van der Waals surface area contributed by atoms with Gasteiger partial charge in [0.05, 0.1) is 16.2 Å². The number of aryl methyl sites for hydroxylation is 2. The third-order valence-electron chi connectivity index (χ3n) is 3.23. The van der Waals surface area contributed by atoms with E-state index in [2.05, 4.69) is 0 Å². The van der Waals surface area contributed by atoms with Gasteiger partial charge in [-0.25, -0.2) is 13.2 Å². The average Bonchev–Trinajstić information content (AvgIpc) is 2.98. The Morgan fingerprint density at radius 3 is 2.62 bits per heavy atom. The van der Waals surface area contributed by atoms with Crippen LogP contribution < -0.4 is 0 Å². The predicted octanol–water partition coefficient (Wildman–Crippen LogP) is 3.03. The molecule has 0 unspecified atom stereocenters. The summed E-state index contributed by atoms with van der Waals surface area (Å²) in [6, 6.07) is 8.08. The van der Waals surface area contributed by atoms with E-state index in [0.717, 1.165) is 4.88 Å². The lowest BCUT2D eigenvalue weighted by Gasteiger charge is -2.10. The van der Waals surface area contributed by atoms with Crippen LogP contribution in [0, 0.1) is 0 Å². The van der Waals surface area contributed by atoms with E-state index in [1.165, 1.54) is 23.5 Å². The standard InChI is InChI=1S/C15H16O4S2/c1-2-11-5-6-12(15(16)17)10-14(11)21(18,19)9-7-13-4-3-8-20-13/h3-6,8,10H,2,7,9H2,1H3,(H,16,17). The number of thiophene rings is 1. The highest BCUT2D eigenvalue weighted by molar-refractivity contribution is 7.91. The van der Waals surface area contributed by atoms with Gasteiger partial charge in [-0.2, -0.15) is 0 Å². The van der Waals surface area contributed by atoms with Crippen LogP contribution in [0.4, 0.5) is 0 Å². The van der Waals surface area contributed by atoms with Crippen LogP contribution in [0.2, 0.25) is 0 Å². The molecule has 0 bridgehead atoms. The molecule has 0 fully saturated rings. The fourth-order valence-corrected chi connectivity index (χ4v) is 4.53. The third kappa shape index (κ3) is 3.71. The van der Waals surface area contributed by atoms with Crippen LogP contribution in [0.3, 0.4) is 0 Å². The molecule has 0 radical (unpaired) electrons. The minimum Gasteiger partial charge on any atom is -0.478 e. The molecule has 0 spiro atoms. The Kier molecular flexibility index (Phi) is 4.80. The smallest absolute Gasteiger partial charge is 0.335 e. The lowest BCUT2D eigenvalue weighted by Crippen LogP contribution is -2.12. The molecule has 6 heteroatoms. The second-order valence-corrected chi connectivity index (χ2v) is 7.74. The van der Waals surface area contributed by atoms with Crippen LogP contribution in [0.15, 0.2) is 40.6 Å². The minimum atomic E-state index is -3.49. The fourth-order valence-electron chi connectivity index (χ4n) is 2.07. The van der Waals surface area contributed by atoms with E-state index in [1.807, 2.05) is 24.4 Å². The molecule has 0 amide bonds. The number of carbonyl (C=O) groups is 1. The molecule has 1 N–H and O–H groups in total. The minimum absolute atomic E-state index is 0.00176. The first-order valence-electron chi connectivity index (χ1n) is 6.55. The van der Waals surface area contributed by atoms with Crippen LogP contribution in [0.25, 0.3) is 0 Å². The van der Waals surface area contributed by atoms with Crippen molar-refractivity contribution in [1.29, 1.82) is 0 Å². The first-order valence-corrected chi connectivity index (χ1v) is 9.08. The molecule has 0 aliphatic carbocycles. The van der Waals surface area contributed by atoms with Gasteiger partial charge in [0.1, 0.15) is 0 Å². The van der Waals surface area contributed by atoms with Gasteiger partial charge in [-0.1, -0.05) is 19.1 Å². The highest BCUT2D eigenvalue weighted by atomic mass is 32.2. The first kappa shape index (κ1) is 15.7. The molecular weight excluding hydrogens is 308 g/mol. The summed E-state index contributed by atoms with van der Waals surface area (Å²) >= 11 is 1.52. The van der Waals surface area contributed by atoms with Crippen LogP contribution >= 0.6 is 11.3 Å². The van der Waals surface area contributed by atoms with Crippen LogP contribution in [0.5, 0.6) is 0 Å². The number of rotatable bonds is 6. The number of hydrogen-bond acceptors (Lipinski definition) is 4. The number of carboxylic acid groups (broad SMARTS) is 1. The van der Waals surface area contributed by atoms with Crippen molar-refractivity contribution in [1.82, 2.24) is 0 Å². The van der Waals surface area contributed by atoms with Crippen molar-refractivity contribution in [3.63, 3.8) is 0 Å².